The lowest BCUT2D eigenvalue weighted by Crippen LogP contribution is -2.27. The van der Waals surface area contributed by atoms with Crippen molar-refractivity contribution < 1.29 is 17.9 Å². The first kappa shape index (κ1) is 16.0. The summed E-state index contributed by atoms with van der Waals surface area (Å²) in [5, 5.41) is 1.70. The summed E-state index contributed by atoms with van der Waals surface area (Å²) in [6, 6.07) is 14.7. The van der Waals surface area contributed by atoms with Crippen LogP contribution in [0.4, 0.5) is 5.69 Å². The number of rotatable bonds is 2. The molecule has 3 aromatic rings. The highest BCUT2D eigenvalue weighted by Crippen LogP contribution is 2.44. The van der Waals surface area contributed by atoms with E-state index in [0.29, 0.717) is 35.3 Å². The van der Waals surface area contributed by atoms with Gasteiger partial charge in [0.15, 0.2) is 11.5 Å². The molecule has 2 aliphatic rings. The van der Waals surface area contributed by atoms with Crippen molar-refractivity contribution in [2.75, 3.05) is 17.5 Å². The van der Waals surface area contributed by atoms with Gasteiger partial charge in [0, 0.05) is 9.86 Å². The first-order valence-corrected chi connectivity index (χ1v) is 10.4. The summed E-state index contributed by atoms with van der Waals surface area (Å²) in [5.41, 5.74) is 1.53. The number of sulfonamides is 1. The lowest BCUT2D eigenvalue weighted by molar-refractivity contribution is 0.171. The summed E-state index contributed by atoms with van der Waals surface area (Å²) in [7, 11) is -3.59. The Morgan fingerprint density at radius 3 is 2.46 bits per heavy atom. The molecule has 5 rings (SSSR count). The number of fused-ring (bicyclic) bond motifs is 1. The highest BCUT2D eigenvalue weighted by molar-refractivity contribution is 9.10. The lowest BCUT2D eigenvalue weighted by atomic mass is 10.1. The van der Waals surface area contributed by atoms with Crippen molar-refractivity contribution in [2.45, 2.75) is 11.4 Å². The molecule has 0 bridgehead atoms. The van der Waals surface area contributed by atoms with Gasteiger partial charge in [0.25, 0.3) is 10.0 Å². The van der Waals surface area contributed by atoms with E-state index >= 15 is 0 Å². The fourth-order valence-corrected chi connectivity index (χ4v) is 5.65. The zero-order chi connectivity index (χ0) is 17.9. The zero-order valence-electron chi connectivity index (χ0n) is 13.6. The number of nitrogens with zero attached hydrogens (tertiary/aromatic N) is 1. The molecule has 7 heteroatoms. The monoisotopic (exact) mass is 431 g/mol. The van der Waals surface area contributed by atoms with Crippen LogP contribution in [-0.4, -0.2) is 21.6 Å². The van der Waals surface area contributed by atoms with Crippen molar-refractivity contribution in [1.82, 2.24) is 0 Å². The average molecular weight is 432 g/mol. The zero-order valence-corrected chi connectivity index (χ0v) is 16.0. The van der Waals surface area contributed by atoms with Crippen LogP contribution in [-0.2, 0) is 16.6 Å². The van der Waals surface area contributed by atoms with Gasteiger partial charge in [-0.05, 0) is 35.2 Å². The predicted octanol–water partition coefficient (Wildman–Crippen LogP) is 4.08. The molecule has 0 amide bonds. The molecule has 0 aliphatic carbocycles. The standard InChI is InChI=1S/C19H14BrNO4S/c20-14-10-17-16(24-7-8-25-17)9-13(14)11-21-15-5-1-3-12-4-2-6-18(19(12)15)26(21,22)23/h1-6,9-10H,7-8,11H2. The Bertz CT molecular complexity index is 1150. The van der Waals surface area contributed by atoms with E-state index < -0.39 is 10.0 Å². The lowest BCUT2D eigenvalue weighted by Gasteiger charge is -2.23. The van der Waals surface area contributed by atoms with Crippen LogP contribution in [0.15, 0.2) is 57.9 Å². The molecule has 26 heavy (non-hydrogen) atoms. The number of hydrogen-bond acceptors (Lipinski definition) is 4. The van der Waals surface area contributed by atoms with E-state index in [0.717, 1.165) is 20.8 Å². The molecule has 2 heterocycles. The van der Waals surface area contributed by atoms with Gasteiger partial charge in [0.1, 0.15) is 13.2 Å². The molecule has 0 atom stereocenters. The fourth-order valence-electron chi connectivity index (χ4n) is 3.51. The molecule has 0 unspecified atom stereocenters. The fraction of sp³-hybridized carbons (Fsp3) is 0.158. The average Bonchev–Trinajstić information content (AvgIpc) is 2.86. The minimum absolute atomic E-state index is 0.216. The molecular weight excluding hydrogens is 418 g/mol. The second-order valence-electron chi connectivity index (χ2n) is 6.23. The molecule has 0 fully saturated rings. The predicted molar refractivity (Wildman–Crippen MR) is 102 cm³/mol. The number of anilines is 1. The minimum atomic E-state index is -3.59. The summed E-state index contributed by atoms with van der Waals surface area (Å²) >= 11 is 3.54. The maximum absolute atomic E-state index is 13.1. The summed E-state index contributed by atoms with van der Waals surface area (Å²) < 4.78 is 39.7. The van der Waals surface area contributed by atoms with Crippen LogP contribution in [0.3, 0.4) is 0 Å². The Balaban J connectivity index is 1.63. The topological polar surface area (TPSA) is 55.8 Å². The molecule has 132 valence electrons. The van der Waals surface area contributed by atoms with Crippen LogP contribution in [0.25, 0.3) is 10.8 Å². The molecule has 0 saturated heterocycles. The van der Waals surface area contributed by atoms with Crippen LogP contribution < -0.4 is 13.8 Å². The molecule has 3 aromatic carbocycles. The van der Waals surface area contributed by atoms with Crippen LogP contribution in [0.1, 0.15) is 5.56 Å². The van der Waals surface area contributed by atoms with Crippen LogP contribution in [0, 0.1) is 0 Å². The third-order valence-corrected chi connectivity index (χ3v) is 7.25. The Labute approximate surface area is 159 Å². The van der Waals surface area contributed by atoms with Gasteiger partial charge >= 0.3 is 0 Å². The van der Waals surface area contributed by atoms with Crippen LogP contribution >= 0.6 is 15.9 Å². The van der Waals surface area contributed by atoms with E-state index in [-0.39, 0.29) is 6.54 Å². The summed E-state index contributed by atoms with van der Waals surface area (Å²) in [5.74, 6) is 1.31. The van der Waals surface area contributed by atoms with Crippen molar-refractivity contribution in [1.29, 1.82) is 0 Å². The van der Waals surface area contributed by atoms with E-state index in [1.54, 1.807) is 12.1 Å². The SMILES string of the molecule is O=S1(=O)c2cccc3cccc(c23)N1Cc1cc2c(cc1Br)OCCO2. The Morgan fingerprint density at radius 1 is 1.00 bits per heavy atom. The smallest absolute Gasteiger partial charge is 0.265 e. The van der Waals surface area contributed by atoms with Crippen molar-refractivity contribution >= 4 is 42.4 Å². The first-order chi connectivity index (χ1) is 12.6. The molecular formula is C19H14BrNO4S. The van der Waals surface area contributed by atoms with Crippen LogP contribution in [0.5, 0.6) is 11.5 Å². The molecule has 5 nitrogen and oxygen atoms in total. The van der Waals surface area contributed by atoms with Crippen molar-refractivity contribution in [3.63, 3.8) is 0 Å². The van der Waals surface area contributed by atoms with Crippen molar-refractivity contribution in [2.24, 2.45) is 0 Å². The maximum Gasteiger partial charge on any atom is 0.265 e. The van der Waals surface area contributed by atoms with E-state index in [1.807, 2.05) is 36.4 Å². The van der Waals surface area contributed by atoms with Gasteiger partial charge in [-0.2, -0.15) is 0 Å². The normalized spacial score (nSPS) is 16.9. The van der Waals surface area contributed by atoms with Crippen molar-refractivity contribution in [3.05, 3.63) is 58.6 Å². The number of halogens is 1. The second kappa shape index (κ2) is 5.62. The summed E-state index contributed by atoms with van der Waals surface area (Å²) in [4.78, 5) is 0.360. The van der Waals surface area contributed by atoms with E-state index in [4.69, 9.17) is 9.47 Å². The Hall–Kier alpha value is -2.25. The molecule has 0 spiro atoms. The van der Waals surface area contributed by atoms with Gasteiger partial charge in [-0.3, -0.25) is 4.31 Å². The number of benzene rings is 3. The molecule has 2 aliphatic heterocycles. The van der Waals surface area contributed by atoms with Gasteiger partial charge in [0.2, 0.25) is 0 Å². The van der Waals surface area contributed by atoms with Gasteiger partial charge in [-0.25, -0.2) is 8.42 Å². The number of ether oxygens (including phenoxy) is 2. The van der Waals surface area contributed by atoms with E-state index in [9.17, 15) is 8.42 Å². The van der Waals surface area contributed by atoms with Gasteiger partial charge in [0.05, 0.1) is 17.1 Å². The van der Waals surface area contributed by atoms with Gasteiger partial charge < -0.3 is 9.47 Å². The highest BCUT2D eigenvalue weighted by Gasteiger charge is 2.36. The largest absolute Gasteiger partial charge is 0.486 e. The Morgan fingerprint density at radius 2 is 1.69 bits per heavy atom. The highest BCUT2D eigenvalue weighted by atomic mass is 79.9. The third-order valence-electron chi connectivity index (χ3n) is 4.71. The quantitative estimate of drug-likeness (QED) is 0.613. The minimum Gasteiger partial charge on any atom is -0.486 e. The molecule has 0 saturated carbocycles. The van der Waals surface area contributed by atoms with Crippen molar-refractivity contribution in [3.8, 4) is 11.5 Å². The van der Waals surface area contributed by atoms with Crippen LogP contribution in [0.2, 0.25) is 0 Å². The number of hydrogen-bond donors (Lipinski definition) is 0. The summed E-state index contributed by atoms with van der Waals surface area (Å²) in [6.07, 6.45) is 0. The van der Waals surface area contributed by atoms with Gasteiger partial charge in [-0.1, -0.05) is 40.2 Å². The second-order valence-corrected chi connectivity index (χ2v) is 8.92. The van der Waals surface area contributed by atoms with E-state index in [1.165, 1.54) is 4.31 Å². The Kier molecular flexibility index (Phi) is 3.45. The summed E-state index contributed by atoms with van der Waals surface area (Å²) in [6.45, 7) is 1.21. The third kappa shape index (κ3) is 2.23. The van der Waals surface area contributed by atoms with Gasteiger partial charge in [-0.15, -0.1) is 0 Å². The maximum atomic E-state index is 13.1. The molecule has 0 N–H and O–H groups in total. The molecule has 0 radical (unpaired) electrons. The van der Waals surface area contributed by atoms with E-state index in [2.05, 4.69) is 15.9 Å². The molecule has 0 aromatic heterocycles. The first-order valence-electron chi connectivity index (χ1n) is 8.18.